The van der Waals surface area contributed by atoms with Crippen LogP contribution in [0.25, 0.3) is 0 Å². The van der Waals surface area contributed by atoms with Crippen molar-refractivity contribution in [3.8, 4) is 0 Å². The maximum absolute atomic E-state index is 5.26. The van der Waals surface area contributed by atoms with Crippen molar-refractivity contribution < 1.29 is 4.52 Å². The van der Waals surface area contributed by atoms with E-state index in [1.165, 1.54) is 19.3 Å². The molecule has 1 unspecified atom stereocenters. The van der Waals surface area contributed by atoms with Crippen LogP contribution in [-0.2, 0) is 6.54 Å². The summed E-state index contributed by atoms with van der Waals surface area (Å²) in [7, 11) is 0. The standard InChI is InChI=1S/C14H26N4O/c1-4-18(9-12-7-5-6-8-15-12)10-13-16-14(11(2)3)19-17-13/h11-12,15H,4-10H2,1-3H3. The van der Waals surface area contributed by atoms with Gasteiger partial charge in [0.25, 0.3) is 0 Å². The first-order chi connectivity index (χ1) is 9.19. The van der Waals surface area contributed by atoms with Crippen molar-refractivity contribution in [1.82, 2.24) is 20.4 Å². The van der Waals surface area contributed by atoms with Gasteiger partial charge in [-0.3, -0.25) is 4.90 Å². The van der Waals surface area contributed by atoms with Crippen LogP contribution < -0.4 is 5.32 Å². The molecule has 1 aliphatic heterocycles. The van der Waals surface area contributed by atoms with Gasteiger partial charge in [-0.1, -0.05) is 32.3 Å². The predicted octanol–water partition coefficient (Wildman–Crippen LogP) is 2.16. The molecule has 5 heteroatoms. The molecule has 0 radical (unpaired) electrons. The zero-order chi connectivity index (χ0) is 13.7. The molecule has 0 aliphatic carbocycles. The van der Waals surface area contributed by atoms with Crippen molar-refractivity contribution in [3.63, 3.8) is 0 Å². The SMILES string of the molecule is CCN(Cc1noc(C(C)C)n1)CC1CCCCN1. The van der Waals surface area contributed by atoms with Crippen molar-refractivity contribution in [2.45, 2.75) is 58.5 Å². The fourth-order valence-electron chi connectivity index (χ4n) is 2.46. The first-order valence-electron chi connectivity index (χ1n) is 7.47. The summed E-state index contributed by atoms with van der Waals surface area (Å²) in [5.41, 5.74) is 0. The summed E-state index contributed by atoms with van der Waals surface area (Å²) in [6.45, 7) is 10.4. The monoisotopic (exact) mass is 266 g/mol. The van der Waals surface area contributed by atoms with Crippen molar-refractivity contribution in [3.05, 3.63) is 11.7 Å². The van der Waals surface area contributed by atoms with Gasteiger partial charge in [0.05, 0.1) is 6.54 Å². The van der Waals surface area contributed by atoms with E-state index >= 15 is 0 Å². The number of aromatic nitrogens is 2. The van der Waals surface area contributed by atoms with Crippen molar-refractivity contribution >= 4 is 0 Å². The Morgan fingerprint density at radius 2 is 2.26 bits per heavy atom. The minimum atomic E-state index is 0.302. The van der Waals surface area contributed by atoms with Crippen molar-refractivity contribution in [2.75, 3.05) is 19.6 Å². The minimum absolute atomic E-state index is 0.302. The van der Waals surface area contributed by atoms with Crippen LogP contribution in [0.1, 0.15) is 57.7 Å². The number of hydrogen-bond acceptors (Lipinski definition) is 5. The van der Waals surface area contributed by atoms with Crippen LogP contribution in [0.15, 0.2) is 4.52 Å². The average molecular weight is 266 g/mol. The lowest BCUT2D eigenvalue weighted by atomic mass is 10.0. The largest absolute Gasteiger partial charge is 0.339 e. The first-order valence-corrected chi connectivity index (χ1v) is 7.47. The van der Waals surface area contributed by atoms with E-state index in [4.69, 9.17) is 4.52 Å². The van der Waals surface area contributed by atoms with E-state index < -0.39 is 0 Å². The Morgan fingerprint density at radius 3 is 2.84 bits per heavy atom. The van der Waals surface area contributed by atoms with Gasteiger partial charge in [0, 0.05) is 18.5 Å². The molecule has 1 saturated heterocycles. The first kappa shape index (κ1) is 14.5. The van der Waals surface area contributed by atoms with Crippen LogP contribution in [-0.4, -0.2) is 40.7 Å². The van der Waals surface area contributed by atoms with Gasteiger partial charge in [0.1, 0.15) is 0 Å². The van der Waals surface area contributed by atoms with E-state index in [-0.39, 0.29) is 0 Å². The Hall–Kier alpha value is -0.940. The Balaban J connectivity index is 1.86. The molecule has 0 aromatic carbocycles. The lowest BCUT2D eigenvalue weighted by Crippen LogP contribution is -2.43. The van der Waals surface area contributed by atoms with Crippen LogP contribution >= 0.6 is 0 Å². The highest BCUT2D eigenvalue weighted by atomic mass is 16.5. The molecule has 1 aliphatic rings. The molecular formula is C14H26N4O. The lowest BCUT2D eigenvalue weighted by molar-refractivity contribution is 0.219. The molecule has 0 spiro atoms. The van der Waals surface area contributed by atoms with Crippen LogP contribution in [0, 0.1) is 0 Å². The topological polar surface area (TPSA) is 54.2 Å². The molecule has 2 heterocycles. The van der Waals surface area contributed by atoms with Crippen molar-refractivity contribution in [2.24, 2.45) is 0 Å². The third kappa shape index (κ3) is 4.28. The molecule has 1 N–H and O–H groups in total. The molecule has 0 bridgehead atoms. The number of piperidine rings is 1. The molecule has 1 fully saturated rings. The highest BCUT2D eigenvalue weighted by Gasteiger charge is 2.18. The number of hydrogen-bond donors (Lipinski definition) is 1. The van der Waals surface area contributed by atoms with Gasteiger partial charge in [-0.05, 0) is 25.9 Å². The van der Waals surface area contributed by atoms with E-state index in [2.05, 4.69) is 41.1 Å². The summed E-state index contributed by atoms with van der Waals surface area (Å²) in [6.07, 6.45) is 3.93. The molecular weight excluding hydrogens is 240 g/mol. The second-order valence-corrected chi connectivity index (χ2v) is 5.68. The zero-order valence-electron chi connectivity index (χ0n) is 12.4. The van der Waals surface area contributed by atoms with Crippen LogP contribution in [0.3, 0.4) is 0 Å². The lowest BCUT2D eigenvalue weighted by Gasteiger charge is -2.29. The summed E-state index contributed by atoms with van der Waals surface area (Å²) >= 11 is 0. The van der Waals surface area contributed by atoms with E-state index in [0.29, 0.717) is 12.0 Å². The molecule has 5 nitrogen and oxygen atoms in total. The Labute approximate surface area is 115 Å². The minimum Gasteiger partial charge on any atom is -0.339 e. The fourth-order valence-corrected chi connectivity index (χ4v) is 2.46. The summed E-state index contributed by atoms with van der Waals surface area (Å²) in [5.74, 6) is 1.85. The predicted molar refractivity (Wildman–Crippen MR) is 75.0 cm³/mol. The Bertz CT molecular complexity index is 371. The van der Waals surface area contributed by atoms with Crippen LogP contribution in [0.2, 0.25) is 0 Å². The average Bonchev–Trinajstić information content (AvgIpc) is 2.88. The van der Waals surface area contributed by atoms with Gasteiger partial charge < -0.3 is 9.84 Å². The normalized spacial score (nSPS) is 20.4. The number of rotatable bonds is 6. The highest BCUT2D eigenvalue weighted by molar-refractivity contribution is 4.91. The fraction of sp³-hybridized carbons (Fsp3) is 0.857. The molecule has 0 saturated carbocycles. The third-order valence-corrected chi connectivity index (χ3v) is 3.68. The zero-order valence-corrected chi connectivity index (χ0v) is 12.4. The van der Waals surface area contributed by atoms with E-state index in [1.807, 2.05) is 0 Å². The molecule has 1 atom stereocenters. The van der Waals surface area contributed by atoms with Gasteiger partial charge in [0.2, 0.25) is 5.89 Å². The van der Waals surface area contributed by atoms with E-state index in [1.54, 1.807) is 0 Å². The summed E-state index contributed by atoms with van der Waals surface area (Å²) < 4.78 is 5.26. The number of nitrogens with zero attached hydrogens (tertiary/aromatic N) is 3. The summed E-state index contributed by atoms with van der Waals surface area (Å²) in [4.78, 5) is 6.84. The maximum atomic E-state index is 5.26. The molecule has 19 heavy (non-hydrogen) atoms. The molecule has 108 valence electrons. The summed E-state index contributed by atoms with van der Waals surface area (Å²) in [5, 5.41) is 7.66. The molecule has 0 amide bonds. The van der Waals surface area contributed by atoms with Gasteiger partial charge in [-0.25, -0.2) is 0 Å². The van der Waals surface area contributed by atoms with E-state index in [9.17, 15) is 0 Å². The van der Waals surface area contributed by atoms with Crippen molar-refractivity contribution in [1.29, 1.82) is 0 Å². The highest BCUT2D eigenvalue weighted by Crippen LogP contribution is 2.13. The third-order valence-electron chi connectivity index (χ3n) is 3.68. The smallest absolute Gasteiger partial charge is 0.229 e. The second kappa shape index (κ2) is 7.01. The summed E-state index contributed by atoms with van der Waals surface area (Å²) in [6, 6.07) is 0.616. The quantitative estimate of drug-likeness (QED) is 0.855. The number of likely N-dealkylation sites (N-methyl/N-ethyl adjacent to an activating group) is 1. The van der Waals surface area contributed by atoms with Crippen LogP contribution in [0.4, 0.5) is 0 Å². The molecule has 1 aromatic rings. The Kier molecular flexibility index (Phi) is 5.34. The second-order valence-electron chi connectivity index (χ2n) is 5.68. The van der Waals surface area contributed by atoms with Gasteiger partial charge in [-0.2, -0.15) is 4.98 Å². The maximum Gasteiger partial charge on any atom is 0.229 e. The van der Waals surface area contributed by atoms with Gasteiger partial charge >= 0.3 is 0 Å². The Morgan fingerprint density at radius 1 is 1.42 bits per heavy atom. The van der Waals surface area contributed by atoms with Crippen LogP contribution in [0.5, 0.6) is 0 Å². The molecule has 2 rings (SSSR count). The van der Waals surface area contributed by atoms with Gasteiger partial charge in [-0.15, -0.1) is 0 Å². The number of nitrogens with one attached hydrogen (secondary N) is 1. The van der Waals surface area contributed by atoms with E-state index in [0.717, 1.165) is 37.9 Å². The van der Waals surface area contributed by atoms with Gasteiger partial charge in [0.15, 0.2) is 5.82 Å². The molecule has 1 aromatic heterocycles.